The van der Waals surface area contributed by atoms with Crippen LogP contribution in [0.15, 0.2) is 59.7 Å². The molecule has 0 bridgehead atoms. The van der Waals surface area contributed by atoms with Crippen molar-refractivity contribution >= 4 is 16.5 Å². The Kier molecular flexibility index (Phi) is 3.41. The number of imidazole rings is 1. The van der Waals surface area contributed by atoms with E-state index in [2.05, 4.69) is 20.5 Å². The van der Waals surface area contributed by atoms with Crippen LogP contribution in [0.4, 0.5) is 10.1 Å². The van der Waals surface area contributed by atoms with Gasteiger partial charge in [0.05, 0.1) is 5.39 Å². The van der Waals surface area contributed by atoms with Crippen LogP contribution in [0.5, 0.6) is 0 Å². The van der Waals surface area contributed by atoms with Crippen molar-refractivity contribution in [2.45, 2.75) is 11.6 Å². The van der Waals surface area contributed by atoms with Gasteiger partial charge in [0.25, 0.3) is 5.56 Å². The largest absolute Gasteiger partial charge is 0.376 e. The fourth-order valence-corrected chi connectivity index (χ4v) is 3.93. The maximum atomic E-state index is 13.6. The standard InChI is InChI=1S/C20H16FN5O2/c1-26-10-9-22-18(26)17-20(28,11-5-7-12(21)8-6-11)16-15-13(19(27)25-24-16)3-2-4-14(15)23-17/h2-10,17,23,28H,1H3,(H,25,27). The molecule has 3 N–H and O–H groups in total. The zero-order valence-electron chi connectivity index (χ0n) is 14.8. The number of benzene rings is 2. The summed E-state index contributed by atoms with van der Waals surface area (Å²) in [6.07, 6.45) is 3.41. The van der Waals surface area contributed by atoms with E-state index in [0.29, 0.717) is 27.8 Å². The fraction of sp³-hybridized carbons (Fsp3) is 0.150. The molecule has 3 heterocycles. The van der Waals surface area contributed by atoms with Gasteiger partial charge in [-0.25, -0.2) is 14.5 Å². The lowest BCUT2D eigenvalue weighted by atomic mass is 9.78. The molecule has 140 valence electrons. The van der Waals surface area contributed by atoms with Gasteiger partial charge in [0.1, 0.15) is 23.4 Å². The van der Waals surface area contributed by atoms with E-state index in [0.717, 1.165) is 0 Å². The summed E-state index contributed by atoms with van der Waals surface area (Å²) in [6.45, 7) is 0. The van der Waals surface area contributed by atoms with Crippen LogP contribution in [0.25, 0.3) is 10.8 Å². The smallest absolute Gasteiger partial charge is 0.272 e. The molecule has 0 aliphatic carbocycles. The summed E-state index contributed by atoms with van der Waals surface area (Å²) in [5.74, 6) is 0.159. The number of nitrogens with zero attached hydrogens (tertiary/aromatic N) is 3. The zero-order chi connectivity index (χ0) is 19.5. The number of H-pyrrole nitrogens is 1. The number of rotatable bonds is 2. The minimum atomic E-state index is -1.69. The van der Waals surface area contributed by atoms with Crippen molar-refractivity contribution in [3.63, 3.8) is 0 Å². The van der Waals surface area contributed by atoms with Crippen molar-refractivity contribution in [2.75, 3.05) is 5.32 Å². The van der Waals surface area contributed by atoms with Gasteiger partial charge in [0.2, 0.25) is 0 Å². The Bertz CT molecular complexity index is 1260. The molecule has 2 unspecified atom stereocenters. The molecule has 2 aromatic carbocycles. The molecule has 4 aromatic rings. The van der Waals surface area contributed by atoms with Gasteiger partial charge >= 0.3 is 0 Å². The molecule has 8 heteroatoms. The molecule has 0 saturated heterocycles. The van der Waals surface area contributed by atoms with Gasteiger partial charge in [0.15, 0.2) is 5.60 Å². The van der Waals surface area contributed by atoms with Crippen LogP contribution < -0.4 is 10.9 Å². The van der Waals surface area contributed by atoms with Crippen LogP contribution in [0.1, 0.15) is 23.1 Å². The molecule has 0 saturated carbocycles. The molecular weight excluding hydrogens is 361 g/mol. The Labute approximate surface area is 158 Å². The fourth-order valence-electron chi connectivity index (χ4n) is 3.93. The second-order valence-corrected chi connectivity index (χ2v) is 6.88. The van der Waals surface area contributed by atoms with E-state index in [1.165, 1.54) is 24.3 Å². The highest BCUT2D eigenvalue weighted by Gasteiger charge is 2.49. The van der Waals surface area contributed by atoms with Crippen molar-refractivity contribution in [2.24, 2.45) is 7.05 Å². The van der Waals surface area contributed by atoms with Crippen LogP contribution in [0.3, 0.4) is 0 Å². The Morgan fingerprint density at radius 2 is 2.00 bits per heavy atom. The number of aryl methyl sites for hydroxylation is 1. The van der Waals surface area contributed by atoms with Crippen LogP contribution in [0, 0.1) is 5.82 Å². The second kappa shape index (κ2) is 5.74. The monoisotopic (exact) mass is 377 g/mol. The summed E-state index contributed by atoms with van der Waals surface area (Å²) >= 11 is 0. The highest BCUT2D eigenvalue weighted by Crippen LogP contribution is 2.48. The zero-order valence-corrected chi connectivity index (χ0v) is 14.8. The average molecular weight is 377 g/mol. The SMILES string of the molecule is Cn1ccnc1C1Nc2cccc3c(=O)[nH]nc(c23)C1(O)c1ccc(F)cc1. The maximum absolute atomic E-state index is 13.6. The molecule has 2 atom stereocenters. The number of anilines is 1. The third-order valence-corrected chi connectivity index (χ3v) is 5.29. The van der Waals surface area contributed by atoms with E-state index in [4.69, 9.17) is 0 Å². The van der Waals surface area contributed by atoms with E-state index in [1.807, 2.05) is 13.1 Å². The lowest BCUT2D eigenvalue weighted by Gasteiger charge is -2.40. The van der Waals surface area contributed by atoms with Gasteiger partial charge in [-0.1, -0.05) is 18.2 Å². The summed E-state index contributed by atoms with van der Waals surface area (Å²) in [6, 6.07) is 10.2. The molecule has 5 rings (SSSR count). The van der Waals surface area contributed by atoms with E-state index in [1.54, 1.807) is 29.1 Å². The quantitative estimate of drug-likeness (QED) is 0.498. The Balaban J connectivity index is 1.88. The van der Waals surface area contributed by atoms with Crippen LogP contribution in [0.2, 0.25) is 0 Å². The summed E-state index contributed by atoms with van der Waals surface area (Å²) in [7, 11) is 1.82. The van der Waals surface area contributed by atoms with Crippen molar-refractivity contribution in [3.05, 3.63) is 88.1 Å². The molecule has 0 spiro atoms. The third kappa shape index (κ3) is 2.15. The first-order valence-electron chi connectivity index (χ1n) is 8.74. The number of nitrogens with one attached hydrogen (secondary N) is 2. The predicted molar refractivity (Wildman–Crippen MR) is 101 cm³/mol. The molecule has 0 fully saturated rings. The van der Waals surface area contributed by atoms with Gasteiger partial charge in [-0.3, -0.25) is 4.79 Å². The normalized spacial score (nSPS) is 20.9. The molecule has 1 aliphatic rings. The van der Waals surface area contributed by atoms with E-state index < -0.39 is 17.5 Å². The lowest BCUT2D eigenvalue weighted by molar-refractivity contribution is 0.0492. The van der Waals surface area contributed by atoms with Gasteiger partial charge in [0, 0.05) is 30.5 Å². The van der Waals surface area contributed by atoms with Gasteiger partial charge in [-0.15, -0.1) is 0 Å². The van der Waals surface area contributed by atoms with E-state index in [9.17, 15) is 14.3 Å². The third-order valence-electron chi connectivity index (χ3n) is 5.29. The van der Waals surface area contributed by atoms with Crippen molar-refractivity contribution < 1.29 is 9.50 Å². The predicted octanol–water partition coefficient (Wildman–Crippen LogP) is 2.20. The van der Waals surface area contributed by atoms with Gasteiger partial charge < -0.3 is 15.0 Å². The Morgan fingerprint density at radius 1 is 1.21 bits per heavy atom. The minimum absolute atomic E-state index is 0.288. The number of aromatic amines is 1. The highest BCUT2D eigenvalue weighted by molar-refractivity contribution is 5.97. The second-order valence-electron chi connectivity index (χ2n) is 6.88. The minimum Gasteiger partial charge on any atom is -0.376 e. The first kappa shape index (κ1) is 16.6. The van der Waals surface area contributed by atoms with Crippen LogP contribution in [-0.4, -0.2) is 24.9 Å². The molecular formula is C20H16FN5O2. The van der Waals surface area contributed by atoms with Crippen LogP contribution >= 0.6 is 0 Å². The Morgan fingerprint density at radius 3 is 2.71 bits per heavy atom. The lowest BCUT2D eigenvalue weighted by Crippen LogP contribution is -2.44. The van der Waals surface area contributed by atoms with Crippen molar-refractivity contribution in [3.8, 4) is 0 Å². The van der Waals surface area contributed by atoms with E-state index >= 15 is 0 Å². The summed E-state index contributed by atoms with van der Waals surface area (Å²) < 4.78 is 15.4. The summed E-state index contributed by atoms with van der Waals surface area (Å²) in [5.41, 5.74) is -0.644. The first-order valence-corrected chi connectivity index (χ1v) is 8.74. The molecule has 0 radical (unpaired) electrons. The average Bonchev–Trinajstić information content (AvgIpc) is 3.12. The number of aromatic nitrogens is 4. The molecule has 2 aromatic heterocycles. The first-order chi connectivity index (χ1) is 13.5. The van der Waals surface area contributed by atoms with Gasteiger partial charge in [-0.2, -0.15) is 5.10 Å². The summed E-state index contributed by atoms with van der Waals surface area (Å²) in [4.78, 5) is 16.7. The number of hydrogen-bond donors (Lipinski definition) is 3. The summed E-state index contributed by atoms with van der Waals surface area (Å²) in [5, 5.41) is 23.0. The molecule has 28 heavy (non-hydrogen) atoms. The van der Waals surface area contributed by atoms with Crippen molar-refractivity contribution in [1.82, 2.24) is 19.7 Å². The highest BCUT2D eigenvalue weighted by atomic mass is 19.1. The number of halogens is 1. The number of hydrogen-bond acceptors (Lipinski definition) is 5. The van der Waals surface area contributed by atoms with Gasteiger partial charge in [-0.05, 0) is 29.8 Å². The van der Waals surface area contributed by atoms with Crippen LogP contribution in [-0.2, 0) is 12.6 Å². The van der Waals surface area contributed by atoms with Crippen molar-refractivity contribution in [1.29, 1.82) is 0 Å². The number of aliphatic hydroxyl groups is 1. The van der Waals surface area contributed by atoms with E-state index in [-0.39, 0.29) is 11.3 Å². The Hall–Kier alpha value is -3.52. The topological polar surface area (TPSA) is 95.8 Å². The maximum Gasteiger partial charge on any atom is 0.272 e. The molecule has 7 nitrogen and oxygen atoms in total. The molecule has 1 aliphatic heterocycles. The molecule has 0 amide bonds.